The van der Waals surface area contributed by atoms with Crippen molar-refractivity contribution in [3.8, 4) is 0 Å². The fourth-order valence-corrected chi connectivity index (χ4v) is 3.85. The van der Waals surface area contributed by atoms with Crippen molar-refractivity contribution < 1.29 is 67.1 Å². The van der Waals surface area contributed by atoms with Gasteiger partial charge in [-0.05, 0) is 47.6 Å². The molecule has 1 heterocycles. The van der Waals surface area contributed by atoms with Crippen LogP contribution in [0.5, 0.6) is 0 Å². The average Bonchev–Trinajstić information content (AvgIpc) is 2.82. The van der Waals surface area contributed by atoms with Gasteiger partial charge in [0.1, 0.15) is 17.8 Å². The first-order valence-corrected chi connectivity index (χ1v) is 13.9. The lowest BCUT2D eigenvalue weighted by atomic mass is 9.91. The molecule has 5 atom stereocenters. The number of carbonyl (C=O) groups excluding carboxylic acids is 6. The number of nitrogens with zero attached hydrogens (tertiary/aromatic N) is 1. The number of carboxylic acid groups (broad SMARTS) is 1. The highest BCUT2D eigenvalue weighted by Gasteiger charge is 2.48. The Morgan fingerprint density at radius 1 is 0.870 bits per heavy atom. The molecular weight excluding hydrogens is 616 g/mol. The van der Waals surface area contributed by atoms with E-state index in [-0.39, 0.29) is 0 Å². The van der Waals surface area contributed by atoms with Gasteiger partial charge in [0.25, 0.3) is 0 Å². The molecule has 1 aliphatic rings. The zero-order valence-corrected chi connectivity index (χ0v) is 27.4. The predicted octanol–water partition coefficient (Wildman–Crippen LogP) is 1.06. The second-order valence-electron chi connectivity index (χ2n) is 11.9. The topological polar surface area (TPSA) is 244 Å². The van der Waals surface area contributed by atoms with Crippen molar-refractivity contribution in [1.82, 2.24) is 16.0 Å². The maximum Gasteiger partial charge on any atom is 0.437 e. The van der Waals surface area contributed by atoms with Gasteiger partial charge in [-0.15, -0.1) is 4.99 Å². The van der Waals surface area contributed by atoms with E-state index in [0.29, 0.717) is 0 Å². The van der Waals surface area contributed by atoms with Crippen LogP contribution in [-0.4, -0.2) is 101 Å². The number of rotatable bonds is 9. The summed E-state index contributed by atoms with van der Waals surface area (Å²) in [5, 5.41) is 17.3. The summed E-state index contributed by atoms with van der Waals surface area (Å²) in [5.74, 6) is -6.26. The van der Waals surface area contributed by atoms with Crippen molar-refractivity contribution in [2.24, 2.45) is 4.99 Å². The van der Waals surface area contributed by atoms with E-state index < -0.39 is 102 Å². The summed E-state index contributed by atoms with van der Waals surface area (Å²) >= 11 is 0. The standard InChI is InChI=1S/C28H42N4O14/c1-13(33)29-20-17(30-24(31-25(39)45-27(5,6)7)32-26(40)46-28(8,9)10)11-18(23(37)38)44-22(20)21(43-16(4)36)19(42-15(3)35)12-41-14(2)34/h11,17,19-22H,12H2,1-10H3,(H,29,33)(H,37,38)(H2,30,31,32,39,40)/t17-,19+,20+,21+,22+/m0/s1. The summed E-state index contributed by atoms with van der Waals surface area (Å²) < 4.78 is 31.7. The highest BCUT2D eigenvalue weighted by atomic mass is 16.6. The van der Waals surface area contributed by atoms with Gasteiger partial charge in [-0.25, -0.2) is 14.4 Å². The van der Waals surface area contributed by atoms with Crippen molar-refractivity contribution in [1.29, 1.82) is 0 Å². The number of guanidine groups is 1. The lowest BCUT2D eigenvalue weighted by Crippen LogP contribution is -2.65. The molecule has 0 saturated carbocycles. The van der Waals surface area contributed by atoms with Crippen LogP contribution in [0.25, 0.3) is 0 Å². The minimum atomic E-state index is -1.70. The number of hydrogen-bond acceptors (Lipinski definition) is 13. The molecule has 0 unspecified atom stereocenters. The summed E-state index contributed by atoms with van der Waals surface area (Å²) in [4.78, 5) is 89.4. The van der Waals surface area contributed by atoms with Gasteiger partial charge in [0.15, 0.2) is 18.3 Å². The van der Waals surface area contributed by atoms with E-state index in [1.165, 1.54) is 0 Å². The van der Waals surface area contributed by atoms with Gasteiger partial charge in [-0.2, -0.15) is 0 Å². The fraction of sp³-hybridized carbons (Fsp3) is 0.643. The zero-order valence-electron chi connectivity index (χ0n) is 27.4. The summed E-state index contributed by atoms with van der Waals surface area (Å²) in [5.41, 5.74) is -1.98. The predicted molar refractivity (Wildman–Crippen MR) is 156 cm³/mol. The molecule has 0 aromatic heterocycles. The van der Waals surface area contributed by atoms with E-state index in [0.717, 1.165) is 33.8 Å². The number of aliphatic carboxylic acids is 1. The van der Waals surface area contributed by atoms with Gasteiger partial charge in [-0.3, -0.25) is 24.5 Å². The fourth-order valence-electron chi connectivity index (χ4n) is 3.85. The second-order valence-corrected chi connectivity index (χ2v) is 11.9. The number of carbonyl (C=O) groups is 7. The van der Waals surface area contributed by atoms with Crippen molar-refractivity contribution in [2.45, 2.75) is 111 Å². The smallest absolute Gasteiger partial charge is 0.437 e. The summed E-state index contributed by atoms with van der Waals surface area (Å²) in [7, 11) is 0. The number of amides is 3. The first-order valence-electron chi connectivity index (χ1n) is 13.9. The number of aliphatic imine (C=N–C) groups is 1. The molecule has 0 aliphatic carbocycles. The highest BCUT2D eigenvalue weighted by molar-refractivity contribution is 5.99. The lowest BCUT2D eigenvalue weighted by Gasteiger charge is -2.42. The minimum Gasteiger partial charge on any atom is -0.477 e. The molecule has 1 aliphatic heterocycles. The number of hydrogen-bond donors (Lipinski definition) is 4. The Labute approximate surface area is 265 Å². The van der Waals surface area contributed by atoms with E-state index in [1.807, 2.05) is 0 Å². The quantitative estimate of drug-likeness (QED) is 0.117. The number of ether oxygens (including phenoxy) is 6. The van der Waals surface area contributed by atoms with E-state index in [4.69, 9.17) is 28.4 Å². The maximum absolute atomic E-state index is 12.7. The molecule has 0 aromatic carbocycles. The normalized spacial score (nSPS) is 19.5. The molecule has 18 nitrogen and oxygen atoms in total. The Hall–Kier alpha value is -4.90. The SMILES string of the molecule is CC(=O)N[C@H]1[C@H]([C@H](OC(C)=O)[C@@H](COC(C)=O)OC(C)=O)OC(C(=O)O)=C[C@@H]1NC(=NC(=O)OC(C)(C)C)NC(=O)OC(C)(C)C. The molecular formula is C28H42N4O14. The number of alkyl carbamates (subject to hydrolysis) is 1. The first kappa shape index (κ1) is 39.1. The minimum absolute atomic E-state index is 0.592. The third kappa shape index (κ3) is 14.7. The van der Waals surface area contributed by atoms with Gasteiger partial charge in [0.2, 0.25) is 17.6 Å². The average molecular weight is 659 g/mol. The Morgan fingerprint density at radius 3 is 1.89 bits per heavy atom. The molecule has 0 saturated heterocycles. The molecule has 4 N–H and O–H groups in total. The molecule has 0 spiro atoms. The van der Waals surface area contributed by atoms with Gasteiger partial charge >= 0.3 is 36.1 Å². The summed E-state index contributed by atoms with van der Waals surface area (Å²) in [6, 6.07) is -2.79. The van der Waals surface area contributed by atoms with E-state index in [2.05, 4.69) is 20.9 Å². The van der Waals surface area contributed by atoms with Crippen LogP contribution in [-0.2, 0) is 52.4 Å². The highest BCUT2D eigenvalue weighted by Crippen LogP contribution is 2.27. The lowest BCUT2D eigenvalue weighted by molar-refractivity contribution is -0.187. The molecule has 258 valence electrons. The third-order valence-electron chi connectivity index (χ3n) is 5.20. The number of carboxylic acids is 1. The van der Waals surface area contributed by atoms with Crippen molar-refractivity contribution >= 4 is 47.9 Å². The maximum atomic E-state index is 12.7. The molecule has 0 fully saturated rings. The Kier molecular flexibility index (Phi) is 14.0. The van der Waals surface area contributed by atoms with Crippen LogP contribution in [0.3, 0.4) is 0 Å². The van der Waals surface area contributed by atoms with E-state index >= 15 is 0 Å². The van der Waals surface area contributed by atoms with Crippen LogP contribution < -0.4 is 16.0 Å². The molecule has 0 bridgehead atoms. The van der Waals surface area contributed by atoms with E-state index in [1.54, 1.807) is 41.5 Å². The second kappa shape index (κ2) is 16.4. The van der Waals surface area contributed by atoms with Crippen LogP contribution in [0.15, 0.2) is 16.8 Å². The van der Waals surface area contributed by atoms with Crippen molar-refractivity contribution in [2.75, 3.05) is 6.61 Å². The largest absolute Gasteiger partial charge is 0.477 e. The van der Waals surface area contributed by atoms with Crippen LogP contribution in [0.2, 0.25) is 0 Å². The van der Waals surface area contributed by atoms with Crippen LogP contribution >= 0.6 is 0 Å². The van der Waals surface area contributed by atoms with Gasteiger partial charge in [-0.1, -0.05) is 0 Å². The zero-order chi connectivity index (χ0) is 35.6. The van der Waals surface area contributed by atoms with Gasteiger partial charge in [0.05, 0.1) is 12.1 Å². The Morgan fingerprint density at radius 2 is 1.43 bits per heavy atom. The Balaban J connectivity index is 3.82. The molecule has 0 radical (unpaired) electrons. The third-order valence-corrected chi connectivity index (χ3v) is 5.20. The molecule has 0 aromatic rings. The summed E-state index contributed by atoms with van der Waals surface area (Å²) in [6.45, 7) is 13.0. The summed E-state index contributed by atoms with van der Waals surface area (Å²) in [6.07, 6.45) is -6.17. The van der Waals surface area contributed by atoms with Crippen LogP contribution in [0.1, 0.15) is 69.2 Å². The van der Waals surface area contributed by atoms with Crippen molar-refractivity contribution in [3.63, 3.8) is 0 Å². The Bertz CT molecular complexity index is 1250. The molecule has 1 rings (SSSR count). The monoisotopic (exact) mass is 658 g/mol. The number of esters is 3. The first-order chi connectivity index (χ1) is 21.0. The molecule has 46 heavy (non-hydrogen) atoms. The van der Waals surface area contributed by atoms with E-state index in [9.17, 15) is 38.7 Å². The van der Waals surface area contributed by atoms with Gasteiger partial charge < -0.3 is 44.2 Å². The molecule has 3 amide bonds. The number of nitrogens with one attached hydrogen (secondary N) is 3. The molecule has 18 heteroatoms. The van der Waals surface area contributed by atoms with Crippen LogP contribution in [0, 0.1) is 0 Å². The van der Waals surface area contributed by atoms with Crippen molar-refractivity contribution in [3.05, 3.63) is 11.8 Å². The van der Waals surface area contributed by atoms with Crippen LogP contribution in [0.4, 0.5) is 9.59 Å². The van der Waals surface area contributed by atoms with Gasteiger partial charge in [0, 0.05) is 27.7 Å².